The molecule has 0 fully saturated rings. The Kier molecular flexibility index (Phi) is 2.75. The van der Waals surface area contributed by atoms with Gasteiger partial charge in [0, 0.05) is 11.8 Å². The summed E-state index contributed by atoms with van der Waals surface area (Å²) in [7, 11) is 0. The van der Waals surface area contributed by atoms with Gasteiger partial charge in [0.25, 0.3) is 0 Å². The van der Waals surface area contributed by atoms with Gasteiger partial charge in [-0.3, -0.25) is 4.42 Å². The van der Waals surface area contributed by atoms with Crippen LogP contribution in [0.3, 0.4) is 0 Å². The maximum atomic E-state index is 5.68. The summed E-state index contributed by atoms with van der Waals surface area (Å²) < 4.78 is 1.16. The minimum absolute atomic E-state index is 0.367. The molecule has 0 saturated carbocycles. The normalized spacial score (nSPS) is 26.0. The van der Waals surface area contributed by atoms with Gasteiger partial charge in [0.2, 0.25) is 0 Å². The Morgan fingerprint density at radius 1 is 1.30 bits per heavy atom. The summed E-state index contributed by atoms with van der Waals surface area (Å²) in [5, 5.41) is 0.826. The summed E-state index contributed by atoms with van der Waals surface area (Å²) >= 11 is 22.5. The highest BCUT2D eigenvalue weighted by molar-refractivity contribution is 6.41. The number of allylic oxidation sites excluding steroid dienone is 2. The summed E-state index contributed by atoms with van der Waals surface area (Å²) in [4.78, 5) is 0. The van der Waals surface area contributed by atoms with Crippen molar-refractivity contribution in [1.29, 1.82) is 0 Å². The Morgan fingerprint density at radius 3 is 2.40 bits per heavy atom. The molecule has 0 amide bonds. The maximum absolute atomic E-state index is 5.68. The zero-order chi connectivity index (χ0) is 7.72. The molecular formula is C5H3Cl4N. The molecule has 1 atom stereocenters. The van der Waals surface area contributed by atoms with Gasteiger partial charge in [-0.15, -0.1) is 0 Å². The van der Waals surface area contributed by atoms with Crippen LogP contribution in [0.25, 0.3) is 0 Å². The summed E-state index contributed by atoms with van der Waals surface area (Å²) in [5.41, 5.74) is -0.555. The molecule has 0 bridgehead atoms. The topological polar surface area (TPSA) is 3.24 Å². The van der Waals surface area contributed by atoms with Gasteiger partial charge in [-0.05, 0) is 12.2 Å². The fourth-order valence-electron chi connectivity index (χ4n) is 0.516. The first-order valence-electron chi connectivity index (χ1n) is 2.45. The monoisotopic (exact) mass is 217 g/mol. The molecule has 1 aliphatic rings. The van der Waals surface area contributed by atoms with Crippen molar-refractivity contribution >= 4 is 46.6 Å². The van der Waals surface area contributed by atoms with Crippen LogP contribution in [0.4, 0.5) is 0 Å². The Balaban J connectivity index is 2.86. The van der Waals surface area contributed by atoms with Crippen molar-refractivity contribution in [2.75, 3.05) is 0 Å². The maximum Gasteiger partial charge on any atom is 0.156 e. The lowest BCUT2D eigenvalue weighted by Gasteiger charge is -2.22. The van der Waals surface area contributed by atoms with Crippen LogP contribution in [-0.4, -0.2) is 9.92 Å². The lowest BCUT2D eigenvalue weighted by molar-refractivity contribution is 0.596. The highest BCUT2D eigenvalue weighted by Gasteiger charge is 2.21. The van der Waals surface area contributed by atoms with Gasteiger partial charge >= 0.3 is 0 Å². The molecule has 0 aromatic carbocycles. The van der Waals surface area contributed by atoms with E-state index in [4.69, 9.17) is 46.6 Å². The van der Waals surface area contributed by atoms with Crippen molar-refractivity contribution in [2.45, 2.75) is 5.50 Å². The molecule has 10 heavy (non-hydrogen) atoms. The summed E-state index contributed by atoms with van der Waals surface area (Å²) in [6.45, 7) is 0. The van der Waals surface area contributed by atoms with Crippen LogP contribution in [0, 0.1) is 0 Å². The number of rotatable bonds is 0. The number of halogens is 4. The zero-order valence-electron chi connectivity index (χ0n) is 4.69. The third-order valence-corrected chi connectivity index (χ3v) is 2.76. The molecule has 0 radical (unpaired) electrons. The molecule has 0 N–H and O–H groups in total. The molecule has 1 heterocycles. The van der Waals surface area contributed by atoms with E-state index in [1.165, 1.54) is 0 Å². The van der Waals surface area contributed by atoms with Gasteiger partial charge in [-0.2, -0.15) is 0 Å². The van der Waals surface area contributed by atoms with Crippen LogP contribution in [0.1, 0.15) is 0 Å². The Morgan fingerprint density at radius 2 is 1.90 bits per heavy atom. The van der Waals surface area contributed by atoms with E-state index in [1.54, 1.807) is 12.2 Å². The molecule has 56 valence electrons. The van der Waals surface area contributed by atoms with E-state index in [0.29, 0.717) is 10.2 Å². The Bertz CT molecular complexity index is 176. The lowest BCUT2D eigenvalue weighted by Crippen LogP contribution is -2.21. The minimum Gasteiger partial charge on any atom is -0.251 e. The standard InChI is InChI=1S/C5H3Cl4N/c6-3-1-2-4(7)10(9)5(3)8/h1-2,5H. The summed E-state index contributed by atoms with van der Waals surface area (Å²) in [6, 6.07) is 0. The third-order valence-electron chi connectivity index (χ3n) is 1.01. The molecular weight excluding hydrogens is 216 g/mol. The van der Waals surface area contributed by atoms with Gasteiger partial charge in [0.05, 0.1) is 5.03 Å². The van der Waals surface area contributed by atoms with Crippen LogP contribution >= 0.6 is 46.6 Å². The molecule has 0 spiro atoms. The van der Waals surface area contributed by atoms with Gasteiger partial charge in [-0.25, -0.2) is 0 Å². The molecule has 1 rings (SSSR count). The second-order valence-electron chi connectivity index (χ2n) is 1.69. The number of hydrogen-bond acceptors (Lipinski definition) is 1. The largest absolute Gasteiger partial charge is 0.251 e. The Labute approximate surface area is 78.9 Å². The second kappa shape index (κ2) is 3.22. The quantitative estimate of drug-likeness (QED) is 0.343. The van der Waals surface area contributed by atoms with E-state index in [9.17, 15) is 0 Å². The molecule has 0 aromatic heterocycles. The lowest BCUT2D eigenvalue weighted by atomic mass is 10.4. The second-order valence-corrected chi connectivity index (χ2v) is 3.29. The highest BCUT2D eigenvalue weighted by Crippen LogP contribution is 2.30. The average Bonchev–Trinajstić information content (AvgIpc) is 1.93. The number of alkyl halides is 1. The number of hydrogen-bond donors (Lipinski definition) is 0. The van der Waals surface area contributed by atoms with E-state index in [-0.39, 0.29) is 0 Å². The average molecular weight is 219 g/mol. The van der Waals surface area contributed by atoms with E-state index in [0.717, 1.165) is 4.42 Å². The van der Waals surface area contributed by atoms with Crippen molar-refractivity contribution in [2.24, 2.45) is 0 Å². The molecule has 0 aromatic rings. The fourth-order valence-corrected chi connectivity index (χ4v) is 1.28. The predicted octanol–water partition coefficient (Wildman–Crippen LogP) is 3.22. The third kappa shape index (κ3) is 1.54. The van der Waals surface area contributed by atoms with Crippen molar-refractivity contribution < 1.29 is 0 Å². The van der Waals surface area contributed by atoms with Crippen LogP contribution in [0.5, 0.6) is 0 Å². The van der Waals surface area contributed by atoms with E-state index >= 15 is 0 Å². The van der Waals surface area contributed by atoms with Crippen molar-refractivity contribution in [3.05, 3.63) is 22.3 Å². The van der Waals surface area contributed by atoms with Gasteiger partial charge in [0.15, 0.2) is 5.50 Å². The van der Waals surface area contributed by atoms with E-state index in [2.05, 4.69) is 0 Å². The molecule has 1 unspecified atom stereocenters. The van der Waals surface area contributed by atoms with E-state index < -0.39 is 5.50 Å². The van der Waals surface area contributed by atoms with Crippen molar-refractivity contribution in [3.8, 4) is 0 Å². The van der Waals surface area contributed by atoms with Gasteiger partial charge in [-0.1, -0.05) is 34.8 Å². The molecule has 0 aliphatic carbocycles. The first-order valence-corrected chi connectivity index (χ1v) is 3.98. The smallest absolute Gasteiger partial charge is 0.156 e. The summed E-state index contributed by atoms with van der Waals surface area (Å²) in [6.07, 6.45) is 3.19. The first-order chi connectivity index (χ1) is 4.63. The van der Waals surface area contributed by atoms with E-state index in [1.807, 2.05) is 0 Å². The van der Waals surface area contributed by atoms with Crippen LogP contribution < -0.4 is 0 Å². The molecule has 1 nitrogen and oxygen atoms in total. The summed E-state index contributed by atoms with van der Waals surface area (Å²) in [5.74, 6) is 0. The molecule has 1 aliphatic heterocycles. The van der Waals surface area contributed by atoms with Crippen LogP contribution in [0.15, 0.2) is 22.3 Å². The van der Waals surface area contributed by atoms with Crippen molar-refractivity contribution in [1.82, 2.24) is 4.42 Å². The zero-order valence-corrected chi connectivity index (χ0v) is 7.71. The molecule has 0 saturated heterocycles. The minimum atomic E-state index is -0.555. The SMILES string of the molecule is ClC1=CC=C(Cl)N(Cl)C1Cl. The number of nitrogens with zero attached hydrogens (tertiary/aromatic N) is 1. The molecule has 5 heteroatoms. The van der Waals surface area contributed by atoms with Crippen molar-refractivity contribution in [3.63, 3.8) is 0 Å². The highest BCUT2D eigenvalue weighted by atomic mass is 35.5. The van der Waals surface area contributed by atoms with Gasteiger partial charge < -0.3 is 0 Å². The van der Waals surface area contributed by atoms with Crippen LogP contribution in [0.2, 0.25) is 0 Å². The predicted molar refractivity (Wildman–Crippen MR) is 45.2 cm³/mol. The van der Waals surface area contributed by atoms with Crippen LogP contribution in [-0.2, 0) is 0 Å². The fraction of sp³-hybridized carbons (Fsp3) is 0.200. The Hall–Kier alpha value is 0.440. The first kappa shape index (κ1) is 8.54. The van der Waals surface area contributed by atoms with Gasteiger partial charge in [0.1, 0.15) is 5.16 Å².